The molecule has 0 saturated carbocycles. The smallest absolute Gasteiger partial charge is 0.339 e. The monoisotopic (exact) mass is 240 g/mol. The van der Waals surface area contributed by atoms with E-state index in [1.54, 1.807) is 0 Å². The van der Waals surface area contributed by atoms with E-state index in [2.05, 4.69) is 0 Å². The van der Waals surface area contributed by atoms with Gasteiger partial charge in [0.25, 0.3) is 0 Å². The molecule has 0 aliphatic heterocycles. The fourth-order valence-corrected chi connectivity index (χ4v) is 1.03. The molecule has 1 aromatic rings. The maximum Gasteiger partial charge on any atom is 0.339 e. The number of benzene rings is 1. The van der Waals surface area contributed by atoms with Gasteiger partial charge in [-0.2, -0.15) is 0 Å². The van der Waals surface area contributed by atoms with Crippen LogP contribution in [0.1, 0.15) is 24.2 Å². The second-order valence-electron chi connectivity index (χ2n) is 3.52. The molecule has 6 heteroatoms. The summed E-state index contributed by atoms with van der Waals surface area (Å²) in [6, 6.07) is 1.87. The van der Waals surface area contributed by atoms with E-state index >= 15 is 0 Å². The molecule has 0 amide bonds. The summed E-state index contributed by atoms with van der Waals surface area (Å²) in [5.41, 5.74) is -0.161. The van der Waals surface area contributed by atoms with E-state index in [1.165, 1.54) is 13.8 Å². The number of rotatable bonds is 3. The molecule has 0 saturated heterocycles. The molecule has 0 heterocycles. The standard InChI is InChI=1S/C11H12O6/c1-5(12)6(2)17-11(16)7-3-8(13)10(15)9(14)4-7/h3-4,6,13-15H,1-2H3. The predicted octanol–water partition coefficient (Wildman–Crippen LogP) is 0.938. The number of hydrogen-bond acceptors (Lipinski definition) is 6. The number of Topliss-reactive ketones (excluding diaryl/α,β-unsaturated/α-hetero) is 1. The van der Waals surface area contributed by atoms with Crippen molar-refractivity contribution in [2.75, 3.05) is 0 Å². The van der Waals surface area contributed by atoms with Gasteiger partial charge in [0.2, 0.25) is 0 Å². The van der Waals surface area contributed by atoms with Crippen LogP contribution in [0.3, 0.4) is 0 Å². The third-order valence-corrected chi connectivity index (χ3v) is 2.16. The number of ether oxygens (including phenoxy) is 1. The topological polar surface area (TPSA) is 104 Å². The zero-order chi connectivity index (χ0) is 13.2. The molecule has 17 heavy (non-hydrogen) atoms. The van der Waals surface area contributed by atoms with Crippen LogP contribution in [0.5, 0.6) is 17.2 Å². The number of esters is 1. The van der Waals surface area contributed by atoms with Gasteiger partial charge in [0, 0.05) is 0 Å². The first-order valence-electron chi connectivity index (χ1n) is 4.79. The highest BCUT2D eigenvalue weighted by Gasteiger charge is 2.18. The van der Waals surface area contributed by atoms with Crippen molar-refractivity contribution in [3.05, 3.63) is 17.7 Å². The lowest BCUT2D eigenvalue weighted by Crippen LogP contribution is -2.21. The minimum Gasteiger partial charge on any atom is -0.504 e. The maximum absolute atomic E-state index is 11.5. The first kappa shape index (κ1) is 12.8. The zero-order valence-electron chi connectivity index (χ0n) is 9.30. The zero-order valence-corrected chi connectivity index (χ0v) is 9.30. The van der Waals surface area contributed by atoms with Gasteiger partial charge in [-0.1, -0.05) is 0 Å². The van der Waals surface area contributed by atoms with Gasteiger partial charge in [0.1, 0.15) is 0 Å². The van der Waals surface area contributed by atoms with Crippen LogP contribution in [0.2, 0.25) is 0 Å². The highest BCUT2D eigenvalue weighted by atomic mass is 16.5. The van der Waals surface area contributed by atoms with Crippen LogP contribution in [0.4, 0.5) is 0 Å². The molecule has 0 aromatic heterocycles. The fourth-order valence-electron chi connectivity index (χ4n) is 1.03. The van der Waals surface area contributed by atoms with Gasteiger partial charge in [-0.25, -0.2) is 4.79 Å². The molecule has 92 valence electrons. The number of phenols is 3. The van der Waals surface area contributed by atoms with E-state index in [9.17, 15) is 19.8 Å². The lowest BCUT2D eigenvalue weighted by molar-refractivity contribution is -0.124. The second kappa shape index (κ2) is 4.73. The molecule has 1 unspecified atom stereocenters. The SMILES string of the molecule is CC(=O)C(C)OC(=O)c1cc(O)c(O)c(O)c1. The van der Waals surface area contributed by atoms with E-state index in [0.717, 1.165) is 12.1 Å². The average molecular weight is 240 g/mol. The third kappa shape index (κ3) is 2.87. The lowest BCUT2D eigenvalue weighted by Gasteiger charge is -2.10. The minimum absolute atomic E-state index is 0.161. The summed E-state index contributed by atoms with van der Waals surface area (Å²) in [7, 11) is 0. The van der Waals surface area contributed by atoms with Crippen LogP contribution < -0.4 is 0 Å². The Morgan fingerprint density at radius 3 is 2.06 bits per heavy atom. The van der Waals surface area contributed by atoms with Gasteiger partial charge in [-0.15, -0.1) is 0 Å². The molecule has 6 nitrogen and oxygen atoms in total. The van der Waals surface area contributed by atoms with Crippen LogP contribution >= 0.6 is 0 Å². The quantitative estimate of drug-likeness (QED) is 0.536. The Morgan fingerprint density at radius 2 is 1.65 bits per heavy atom. The van der Waals surface area contributed by atoms with Crippen LogP contribution in [0.15, 0.2) is 12.1 Å². The summed E-state index contributed by atoms with van der Waals surface area (Å²) in [6.07, 6.45) is -0.916. The van der Waals surface area contributed by atoms with Gasteiger partial charge >= 0.3 is 5.97 Å². The maximum atomic E-state index is 11.5. The number of hydrogen-bond donors (Lipinski definition) is 3. The fraction of sp³-hybridized carbons (Fsp3) is 0.273. The number of carbonyl (C=O) groups is 2. The molecular formula is C11H12O6. The number of phenolic OH excluding ortho intramolecular Hbond substituents is 3. The highest BCUT2D eigenvalue weighted by molar-refractivity contribution is 5.93. The van der Waals surface area contributed by atoms with Gasteiger partial charge in [-0.05, 0) is 26.0 Å². The third-order valence-electron chi connectivity index (χ3n) is 2.16. The molecular weight excluding hydrogens is 228 g/mol. The van der Waals surface area contributed by atoms with Crippen LogP contribution in [0, 0.1) is 0 Å². The Balaban J connectivity index is 2.94. The van der Waals surface area contributed by atoms with Crippen molar-refractivity contribution in [1.29, 1.82) is 0 Å². The molecule has 0 spiro atoms. The normalized spacial score (nSPS) is 11.9. The Hall–Kier alpha value is -2.24. The Morgan fingerprint density at radius 1 is 1.18 bits per heavy atom. The van der Waals surface area contributed by atoms with Gasteiger partial charge in [0.15, 0.2) is 29.1 Å². The largest absolute Gasteiger partial charge is 0.504 e. The molecule has 0 fully saturated rings. The van der Waals surface area contributed by atoms with E-state index in [0.29, 0.717) is 0 Å². The molecule has 1 aromatic carbocycles. The summed E-state index contributed by atoms with van der Waals surface area (Å²) >= 11 is 0. The molecule has 1 atom stereocenters. The van der Waals surface area contributed by atoms with E-state index in [1.807, 2.05) is 0 Å². The first-order valence-corrected chi connectivity index (χ1v) is 4.79. The van der Waals surface area contributed by atoms with Crippen LogP contribution in [0.25, 0.3) is 0 Å². The van der Waals surface area contributed by atoms with Crippen molar-refractivity contribution in [1.82, 2.24) is 0 Å². The Labute approximate surface area is 97.1 Å². The van der Waals surface area contributed by atoms with E-state index in [-0.39, 0.29) is 11.3 Å². The molecule has 3 N–H and O–H groups in total. The molecule has 0 aliphatic carbocycles. The van der Waals surface area contributed by atoms with Crippen molar-refractivity contribution in [3.63, 3.8) is 0 Å². The highest BCUT2D eigenvalue weighted by Crippen LogP contribution is 2.35. The van der Waals surface area contributed by atoms with Crippen molar-refractivity contribution in [2.24, 2.45) is 0 Å². The van der Waals surface area contributed by atoms with Crippen LogP contribution in [-0.2, 0) is 9.53 Å². The molecule has 0 radical (unpaired) electrons. The summed E-state index contributed by atoms with van der Waals surface area (Å²) in [5.74, 6) is -3.22. The van der Waals surface area contributed by atoms with Crippen molar-refractivity contribution in [2.45, 2.75) is 20.0 Å². The van der Waals surface area contributed by atoms with Gasteiger partial charge in [0.05, 0.1) is 5.56 Å². The number of carbonyl (C=O) groups excluding carboxylic acids is 2. The van der Waals surface area contributed by atoms with Gasteiger partial charge < -0.3 is 20.1 Å². The predicted molar refractivity (Wildman–Crippen MR) is 57.0 cm³/mol. The van der Waals surface area contributed by atoms with Crippen molar-refractivity contribution in [3.8, 4) is 17.2 Å². The molecule has 0 bridgehead atoms. The van der Waals surface area contributed by atoms with Crippen molar-refractivity contribution >= 4 is 11.8 Å². The average Bonchev–Trinajstić information content (AvgIpc) is 2.24. The molecule has 0 aliphatic rings. The molecule has 1 rings (SSSR count). The Kier molecular flexibility index (Phi) is 3.57. The van der Waals surface area contributed by atoms with Crippen molar-refractivity contribution < 1.29 is 29.6 Å². The minimum atomic E-state index is -0.916. The number of aromatic hydroxyl groups is 3. The Bertz CT molecular complexity index is 442. The first-order chi connectivity index (χ1) is 7.82. The number of ketones is 1. The summed E-state index contributed by atoms with van der Waals surface area (Å²) in [6.45, 7) is 2.67. The summed E-state index contributed by atoms with van der Waals surface area (Å²) in [5, 5.41) is 27.5. The summed E-state index contributed by atoms with van der Waals surface area (Å²) < 4.78 is 4.76. The lowest BCUT2D eigenvalue weighted by atomic mass is 10.2. The van der Waals surface area contributed by atoms with Gasteiger partial charge in [-0.3, -0.25) is 4.79 Å². The van der Waals surface area contributed by atoms with E-state index in [4.69, 9.17) is 9.84 Å². The van der Waals surface area contributed by atoms with Crippen LogP contribution in [-0.4, -0.2) is 33.2 Å². The van der Waals surface area contributed by atoms with E-state index < -0.39 is 29.3 Å². The summed E-state index contributed by atoms with van der Waals surface area (Å²) in [4.78, 5) is 22.4. The second-order valence-corrected chi connectivity index (χ2v) is 3.52.